The molecular weight excluding hydrogens is 641 g/mol. The van der Waals surface area contributed by atoms with Crippen LogP contribution in [0.3, 0.4) is 0 Å². The Bertz CT molecular complexity index is 2570. The lowest BCUT2D eigenvalue weighted by Crippen LogP contribution is -2.17. The zero-order valence-electron chi connectivity index (χ0n) is 30.2. The summed E-state index contributed by atoms with van der Waals surface area (Å²) < 4.78 is 2.41. The van der Waals surface area contributed by atoms with Gasteiger partial charge in [-0.25, -0.2) is 0 Å². The Hall–Kier alpha value is -6.38. The first-order valence-electron chi connectivity index (χ1n) is 18.6. The highest BCUT2D eigenvalue weighted by atomic mass is 15.0. The Morgan fingerprint density at radius 2 is 1.09 bits per heavy atom. The van der Waals surface area contributed by atoms with Crippen LogP contribution in [-0.2, 0) is 5.41 Å². The molecule has 1 N–H and O–H groups in total. The van der Waals surface area contributed by atoms with Gasteiger partial charge in [-0.3, -0.25) is 0 Å². The van der Waals surface area contributed by atoms with E-state index in [1.165, 1.54) is 72.0 Å². The molecule has 1 aromatic heterocycles. The van der Waals surface area contributed by atoms with Crippen LogP contribution in [0.5, 0.6) is 0 Å². The van der Waals surface area contributed by atoms with Crippen LogP contribution in [0.1, 0.15) is 37.0 Å². The van der Waals surface area contributed by atoms with Crippen molar-refractivity contribution >= 4 is 33.1 Å². The van der Waals surface area contributed by atoms with Gasteiger partial charge in [-0.2, -0.15) is 0 Å². The monoisotopic (exact) mass is 682 g/mol. The normalized spacial score (nSPS) is 15.3. The van der Waals surface area contributed by atoms with Crippen LogP contribution in [0, 0.1) is 0 Å². The fraction of sp³-hybridized carbons (Fsp3) is 0.0980. The maximum atomic E-state index is 3.60. The van der Waals surface area contributed by atoms with Gasteiger partial charge in [0.25, 0.3) is 0 Å². The van der Waals surface area contributed by atoms with Crippen LogP contribution in [-0.4, -0.2) is 10.6 Å². The number of hydrogen-bond donors (Lipinski definition) is 1. The van der Waals surface area contributed by atoms with Crippen molar-refractivity contribution in [3.63, 3.8) is 0 Å². The topological polar surface area (TPSA) is 17.0 Å². The molecule has 0 radical (unpaired) electrons. The molecule has 0 aliphatic heterocycles. The van der Waals surface area contributed by atoms with E-state index >= 15 is 0 Å². The van der Waals surface area contributed by atoms with Gasteiger partial charge >= 0.3 is 0 Å². The quantitative estimate of drug-likeness (QED) is 0.191. The van der Waals surface area contributed by atoms with Crippen molar-refractivity contribution in [1.82, 2.24) is 4.57 Å². The SMILES string of the molecule is C1=CC(Nc2ccc(-c3ccccc3)cc2)CC=C1c1ccccc1.CC1(C)c2ccccc2-c2ccc(-n3c4ccccc4c4ccccc43)cc21. The van der Waals surface area contributed by atoms with Crippen molar-refractivity contribution in [3.05, 3.63) is 211 Å². The molecule has 0 spiro atoms. The smallest absolute Gasteiger partial charge is 0.0541 e. The van der Waals surface area contributed by atoms with Gasteiger partial charge in [0, 0.05) is 33.6 Å². The van der Waals surface area contributed by atoms with Gasteiger partial charge in [-0.15, -0.1) is 0 Å². The Morgan fingerprint density at radius 1 is 0.528 bits per heavy atom. The largest absolute Gasteiger partial charge is 0.379 e. The summed E-state index contributed by atoms with van der Waals surface area (Å²) in [5, 5.41) is 6.21. The molecule has 2 nitrogen and oxygen atoms in total. The summed E-state index contributed by atoms with van der Waals surface area (Å²) in [6.45, 7) is 4.68. The van der Waals surface area contributed by atoms with Crippen molar-refractivity contribution in [1.29, 1.82) is 0 Å². The third-order valence-corrected chi connectivity index (χ3v) is 11.0. The molecule has 0 saturated heterocycles. The van der Waals surface area contributed by atoms with Crippen molar-refractivity contribution in [2.75, 3.05) is 5.32 Å². The molecule has 1 unspecified atom stereocenters. The summed E-state index contributed by atoms with van der Waals surface area (Å²) >= 11 is 0. The van der Waals surface area contributed by atoms with E-state index < -0.39 is 0 Å². The molecule has 10 rings (SSSR count). The number of nitrogens with zero attached hydrogens (tertiary/aromatic N) is 1. The second kappa shape index (κ2) is 13.6. The number of nitrogens with one attached hydrogen (secondary N) is 1. The second-order valence-electron chi connectivity index (χ2n) is 14.6. The van der Waals surface area contributed by atoms with E-state index in [1.54, 1.807) is 0 Å². The minimum atomic E-state index is 0.0146. The van der Waals surface area contributed by atoms with Crippen molar-refractivity contribution < 1.29 is 0 Å². The summed E-state index contributed by atoms with van der Waals surface area (Å²) in [5.41, 5.74) is 15.6. The first-order valence-corrected chi connectivity index (χ1v) is 18.6. The number of aromatic nitrogens is 1. The molecule has 0 bridgehead atoms. The van der Waals surface area contributed by atoms with Gasteiger partial charge in [-0.1, -0.05) is 172 Å². The Kier molecular flexibility index (Phi) is 8.37. The van der Waals surface area contributed by atoms with Crippen molar-refractivity contribution in [2.24, 2.45) is 0 Å². The molecule has 2 aliphatic rings. The lowest BCUT2D eigenvalue weighted by molar-refractivity contribution is 0.660. The molecule has 0 fully saturated rings. The summed E-state index contributed by atoms with van der Waals surface area (Å²) in [7, 11) is 0. The van der Waals surface area contributed by atoms with E-state index in [2.05, 4.69) is 212 Å². The van der Waals surface area contributed by atoms with E-state index in [4.69, 9.17) is 0 Å². The summed E-state index contributed by atoms with van der Waals surface area (Å²) in [6, 6.07) is 63.2. The van der Waals surface area contributed by atoms with Crippen LogP contribution in [0.2, 0.25) is 0 Å². The Morgan fingerprint density at radius 3 is 1.75 bits per heavy atom. The van der Waals surface area contributed by atoms with Crippen LogP contribution in [0.4, 0.5) is 5.69 Å². The minimum absolute atomic E-state index is 0.0146. The molecule has 7 aromatic carbocycles. The summed E-state index contributed by atoms with van der Waals surface area (Å²) in [5.74, 6) is 0. The van der Waals surface area contributed by atoms with Crippen LogP contribution >= 0.6 is 0 Å². The second-order valence-corrected chi connectivity index (χ2v) is 14.6. The molecule has 1 atom stereocenters. The van der Waals surface area contributed by atoms with E-state index in [1.807, 2.05) is 6.07 Å². The highest BCUT2D eigenvalue weighted by Crippen LogP contribution is 2.49. The average molecular weight is 683 g/mol. The zero-order valence-corrected chi connectivity index (χ0v) is 30.2. The average Bonchev–Trinajstić information content (AvgIpc) is 3.68. The van der Waals surface area contributed by atoms with Gasteiger partial charge in [0.1, 0.15) is 0 Å². The molecule has 0 saturated carbocycles. The van der Waals surface area contributed by atoms with Gasteiger partial charge in [-0.05, 0) is 87.3 Å². The Balaban J connectivity index is 0.000000142. The third kappa shape index (κ3) is 6.07. The zero-order chi connectivity index (χ0) is 35.8. The molecule has 53 heavy (non-hydrogen) atoms. The van der Waals surface area contributed by atoms with E-state index in [0.29, 0.717) is 6.04 Å². The van der Waals surface area contributed by atoms with Crippen molar-refractivity contribution in [2.45, 2.75) is 31.7 Å². The van der Waals surface area contributed by atoms with Crippen LogP contribution < -0.4 is 5.32 Å². The van der Waals surface area contributed by atoms with E-state index in [9.17, 15) is 0 Å². The van der Waals surface area contributed by atoms with Crippen LogP contribution in [0.25, 0.3) is 55.3 Å². The molecular formula is C51H42N2. The number of rotatable bonds is 5. The molecule has 8 aromatic rings. The van der Waals surface area contributed by atoms with Gasteiger partial charge in [0.05, 0.1) is 11.0 Å². The molecule has 256 valence electrons. The van der Waals surface area contributed by atoms with Crippen LogP contribution in [0.15, 0.2) is 194 Å². The summed E-state index contributed by atoms with van der Waals surface area (Å²) in [4.78, 5) is 0. The number of allylic oxidation sites excluding steroid dienone is 2. The standard InChI is InChI=1S/C27H21N.C24H21N/c1-27(2)23-12-6-3-9-19(23)20-16-15-18(17-24(20)27)28-25-13-7-4-10-21(25)22-11-5-8-14-26(22)28;1-3-7-19(8-4-1)21-11-15-23(16-12-21)25-24-17-13-22(14-18-24)20-9-5-2-6-10-20/h3-17H,1-2H3;1-17,24-25H,18H2. The number of fused-ring (bicyclic) bond motifs is 6. The number of hydrogen-bond acceptors (Lipinski definition) is 1. The molecule has 2 heteroatoms. The van der Waals surface area contributed by atoms with E-state index in [0.717, 1.165) is 12.1 Å². The minimum Gasteiger partial charge on any atom is -0.379 e. The predicted octanol–water partition coefficient (Wildman–Crippen LogP) is 13.3. The molecule has 1 heterocycles. The summed E-state index contributed by atoms with van der Waals surface area (Å²) in [6.07, 6.45) is 7.79. The lowest BCUT2D eigenvalue weighted by atomic mass is 9.82. The Labute approximate surface area is 312 Å². The maximum absolute atomic E-state index is 3.60. The molecule has 0 amide bonds. The van der Waals surface area contributed by atoms with E-state index in [-0.39, 0.29) is 5.41 Å². The number of anilines is 1. The highest BCUT2D eigenvalue weighted by Gasteiger charge is 2.35. The third-order valence-electron chi connectivity index (χ3n) is 11.0. The first-order chi connectivity index (χ1) is 26.0. The number of para-hydroxylation sites is 2. The van der Waals surface area contributed by atoms with Gasteiger partial charge in [0.15, 0.2) is 0 Å². The fourth-order valence-electron chi connectivity index (χ4n) is 8.21. The maximum Gasteiger partial charge on any atom is 0.0541 e. The van der Waals surface area contributed by atoms with Crippen molar-refractivity contribution in [3.8, 4) is 27.9 Å². The molecule has 2 aliphatic carbocycles. The lowest BCUT2D eigenvalue weighted by Gasteiger charge is -2.22. The fourth-order valence-corrected chi connectivity index (χ4v) is 8.21. The highest BCUT2D eigenvalue weighted by molar-refractivity contribution is 6.09. The van der Waals surface area contributed by atoms with Gasteiger partial charge in [0.2, 0.25) is 0 Å². The van der Waals surface area contributed by atoms with Gasteiger partial charge < -0.3 is 9.88 Å². The predicted molar refractivity (Wildman–Crippen MR) is 226 cm³/mol. The first kappa shape index (κ1) is 32.5. The number of benzene rings is 7.